The summed E-state index contributed by atoms with van der Waals surface area (Å²) in [6, 6.07) is 14.7. The smallest absolute Gasteiger partial charge is 0.181 e. The maximum Gasteiger partial charge on any atom is 0.181 e. The van der Waals surface area contributed by atoms with Gasteiger partial charge in [0.1, 0.15) is 11.3 Å². The molecule has 0 amide bonds. The average Bonchev–Trinajstić information content (AvgIpc) is 2.59. The standard InChI is InChI=1S/C17H14N2O3/c1-21-16-10-14(8-7-13(16)11-20)19-22-15-6-2-4-12-5-3-9-18-17(12)15/h2-11,19H,1H3. The van der Waals surface area contributed by atoms with Crippen LogP contribution in [0.4, 0.5) is 5.69 Å². The second-order valence-electron chi connectivity index (χ2n) is 4.61. The van der Waals surface area contributed by atoms with Crippen LogP contribution in [0, 0.1) is 0 Å². The summed E-state index contributed by atoms with van der Waals surface area (Å²) in [4.78, 5) is 20.8. The molecule has 0 atom stereocenters. The third kappa shape index (κ3) is 2.69. The molecule has 0 saturated carbocycles. The zero-order valence-corrected chi connectivity index (χ0v) is 11.9. The molecule has 3 rings (SSSR count). The first-order valence-electron chi connectivity index (χ1n) is 6.71. The van der Waals surface area contributed by atoms with Gasteiger partial charge in [0.25, 0.3) is 0 Å². The lowest BCUT2D eigenvalue weighted by Gasteiger charge is -2.11. The molecule has 0 aliphatic rings. The molecule has 0 aliphatic heterocycles. The van der Waals surface area contributed by atoms with Crippen LogP contribution in [0.2, 0.25) is 0 Å². The molecule has 0 aliphatic carbocycles. The van der Waals surface area contributed by atoms with Crippen LogP contribution >= 0.6 is 0 Å². The summed E-state index contributed by atoms with van der Waals surface area (Å²) in [5.41, 5.74) is 4.78. The Morgan fingerprint density at radius 1 is 1.09 bits per heavy atom. The van der Waals surface area contributed by atoms with Gasteiger partial charge >= 0.3 is 0 Å². The Morgan fingerprint density at radius 3 is 2.77 bits per heavy atom. The summed E-state index contributed by atoms with van der Waals surface area (Å²) < 4.78 is 5.16. The number of hydrogen-bond acceptors (Lipinski definition) is 5. The van der Waals surface area contributed by atoms with Gasteiger partial charge < -0.3 is 9.57 Å². The third-order valence-corrected chi connectivity index (χ3v) is 3.23. The maximum atomic E-state index is 10.9. The molecule has 1 aromatic heterocycles. The van der Waals surface area contributed by atoms with Gasteiger partial charge in [-0.25, -0.2) is 5.48 Å². The summed E-state index contributed by atoms with van der Waals surface area (Å²) in [6.45, 7) is 0. The molecule has 1 heterocycles. The molecule has 22 heavy (non-hydrogen) atoms. The molecule has 5 nitrogen and oxygen atoms in total. The second-order valence-corrected chi connectivity index (χ2v) is 4.61. The van der Waals surface area contributed by atoms with Gasteiger partial charge in [0.05, 0.1) is 18.4 Å². The zero-order valence-electron chi connectivity index (χ0n) is 11.9. The van der Waals surface area contributed by atoms with Crippen LogP contribution in [0.5, 0.6) is 11.5 Å². The van der Waals surface area contributed by atoms with E-state index in [-0.39, 0.29) is 0 Å². The number of carbonyl (C=O) groups is 1. The van der Waals surface area contributed by atoms with E-state index in [0.717, 1.165) is 17.2 Å². The van der Waals surface area contributed by atoms with E-state index in [1.165, 1.54) is 7.11 Å². The average molecular weight is 294 g/mol. The number of fused-ring (bicyclic) bond motifs is 1. The van der Waals surface area contributed by atoms with Gasteiger partial charge in [-0.3, -0.25) is 9.78 Å². The van der Waals surface area contributed by atoms with Gasteiger partial charge in [0, 0.05) is 17.6 Å². The van der Waals surface area contributed by atoms with E-state index in [2.05, 4.69) is 10.5 Å². The summed E-state index contributed by atoms with van der Waals surface area (Å²) in [5.74, 6) is 1.11. The van der Waals surface area contributed by atoms with Crippen molar-refractivity contribution < 1.29 is 14.4 Å². The van der Waals surface area contributed by atoms with Crippen LogP contribution in [-0.4, -0.2) is 18.4 Å². The first kappa shape index (κ1) is 13.9. The second kappa shape index (κ2) is 6.13. The van der Waals surface area contributed by atoms with Crippen molar-refractivity contribution in [3.8, 4) is 11.5 Å². The minimum absolute atomic E-state index is 0.486. The minimum Gasteiger partial charge on any atom is -0.496 e. The number of rotatable bonds is 5. The fourth-order valence-corrected chi connectivity index (χ4v) is 2.14. The Hall–Kier alpha value is -3.08. The molecule has 5 heteroatoms. The maximum absolute atomic E-state index is 10.9. The van der Waals surface area contributed by atoms with E-state index in [1.807, 2.05) is 30.3 Å². The van der Waals surface area contributed by atoms with Crippen molar-refractivity contribution in [1.82, 2.24) is 4.98 Å². The molecule has 0 saturated heterocycles. The largest absolute Gasteiger partial charge is 0.496 e. The predicted molar refractivity (Wildman–Crippen MR) is 84.4 cm³/mol. The van der Waals surface area contributed by atoms with Crippen LogP contribution in [0.1, 0.15) is 10.4 Å². The van der Waals surface area contributed by atoms with E-state index < -0.39 is 0 Å². The number of ether oxygens (including phenoxy) is 1. The molecule has 0 spiro atoms. The molecular formula is C17H14N2O3. The van der Waals surface area contributed by atoms with E-state index in [0.29, 0.717) is 22.7 Å². The fraction of sp³-hybridized carbons (Fsp3) is 0.0588. The van der Waals surface area contributed by atoms with Crippen molar-refractivity contribution in [2.24, 2.45) is 0 Å². The van der Waals surface area contributed by atoms with E-state index in [9.17, 15) is 4.79 Å². The van der Waals surface area contributed by atoms with E-state index in [4.69, 9.17) is 9.57 Å². The van der Waals surface area contributed by atoms with Crippen LogP contribution in [0.25, 0.3) is 10.9 Å². The lowest BCUT2D eigenvalue weighted by Crippen LogP contribution is -2.06. The summed E-state index contributed by atoms with van der Waals surface area (Å²) in [5, 5.41) is 0.996. The number of carbonyl (C=O) groups excluding carboxylic acids is 1. The normalized spacial score (nSPS) is 10.2. The Balaban J connectivity index is 1.84. The first-order valence-corrected chi connectivity index (χ1v) is 6.71. The minimum atomic E-state index is 0.486. The van der Waals surface area contributed by atoms with E-state index in [1.54, 1.807) is 24.4 Å². The number of methoxy groups -OCH3 is 1. The van der Waals surface area contributed by atoms with Crippen LogP contribution in [-0.2, 0) is 0 Å². The van der Waals surface area contributed by atoms with Crippen molar-refractivity contribution in [2.75, 3.05) is 12.6 Å². The molecule has 2 aromatic carbocycles. The summed E-state index contributed by atoms with van der Waals surface area (Å²) >= 11 is 0. The Labute approximate surface area is 127 Å². The Bertz CT molecular complexity index is 813. The first-order chi connectivity index (χ1) is 10.8. The van der Waals surface area contributed by atoms with Gasteiger partial charge in [-0.05, 0) is 24.3 Å². The van der Waals surface area contributed by atoms with Crippen molar-refractivity contribution in [2.45, 2.75) is 0 Å². The van der Waals surface area contributed by atoms with Gasteiger partial charge in [-0.2, -0.15) is 0 Å². The predicted octanol–water partition coefficient (Wildman–Crippen LogP) is 3.46. The molecular weight excluding hydrogens is 280 g/mol. The quantitative estimate of drug-likeness (QED) is 0.577. The fourth-order valence-electron chi connectivity index (χ4n) is 2.14. The number of pyridine rings is 1. The van der Waals surface area contributed by atoms with Gasteiger partial charge in [0.2, 0.25) is 0 Å². The molecule has 3 aromatic rings. The van der Waals surface area contributed by atoms with Gasteiger partial charge in [-0.1, -0.05) is 18.2 Å². The van der Waals surface area contributed by atoms with Crippen LogP contribution in [0.15, 0.2) is 54.7 Å². The highest BCUT2D eigenvalue weighted by atomic mass is 16.6. The summed E-state index contributed by atoms with van der Waals surface area (Å²) in [7, 11) is 1.52. The number of hydrogen-bond donors (Lipinski definition) is 1. The Kier molecular flexibility index (Phi) is 3.87. The number of nitrogens with one attached hydrogen (secondary N) is 1. The topological polar surface area (TPSA) is 60.4 Å². The SMILES string of the molecule is COc1cc(NOc2cccc3cccnc23)ccc1C=O. The van der Waals surface area contributed by atoms with Gasteiger partial charge in [0.15, 0.2) is 12.0 Å². The van der Waals surface area contributed by atoms with Crippen molar-refractivity contribution in [3.05, 3.63) is 60.3 Å². The lowest BCUT2D eigenvalue weighted by molar-refractivity contribution is 0.112. The number of aromatic nitrogens is 1. The third-order valence-electron chi connectivity index (χ3n) is 3.23. The molecule has 0 fully saturated rings. The molecule has 1 N–H and O–H groups in total. The lowest BCUT2D eigenvalue weighted by atomic mass is 10.2. The number of aldehydes is 1. The monoisotopic (exact) mass is 294 g/mol. The number of anilines is 1. The van der Waals surface area contributed by atoms with Crippen molar-refractivity contribution in [3.63, 3.8) is 0 Å². The number of benzene rings is 2. The molecule has 0 radical (unpaired) electrons. The molecule has 110 valence electrons. The summed E-state index contributed by atoms with van der Waals surface area (Å²) in [6.07, 6.45) is 2.47. The highest BCUT2D eigenvalue weighted by molar-refractivity contribution is 5.84. The van der Waals surface area contributed by atoms with Crippen molar-refractivity contribution in [1.29, 1.82) is 0 Å². The van der Waals surface area contributed by atoms with Crippen LogP contribution in [0.3, 0.4) is 0 Å². The highest BCUT2D eigenvalue weighted by Gasteiger charge is 2.06. The molecule has 0 unspecified atom stereocenters. The number of para-hydroxylation sites is 1. The zero-order chi connectivity index (χ0) is 15.4. The number of nitrogens with zero attached hydrogens (tertiary/aromatic N) is 1. The molecule has 0 bridgehead atoms. The van der Waals surface area contributed by atoms with E-state index >= 15 is 0 Å². The highest BCUT2D eigenvalue weighted by Crippen LogP contribution is 2.25. The van der Waals surface area contributed by atoms with Crippen molar-refractivity contribution >= 4 is 22.9 Å². The van der Waals surface area contributed by atoms with Crippen LogP contribution < -0.4 is 15.1 Å². The van der Waals surface area contributed by atoms with Gasteiger partial charge in [-0.15, -0.1) is 0 Å². The Morgan fingerprint density at radius 2 is 1.95 bits per heavy atom.